The molecule has 0 aliphatic rings. The maximum absolute atomic E-state index is 11.7. The lowest BCUT2D eigenvalue weighted by atomic mass is 9.84. The van der Waals surface area contributed by atoms with Crippen LogP contribution in [0.25, 0.3) is 22.6 Å². The van der Waals surface area contributed by atoms with Crippen molar-refractivity contribution in [3.8, 4) is 28.7 Å². The van der Waals surface area contributed by atoms with E-state index < -0.39 is 11.4 Å². The van der Waals surface area contributed by atoms with Crippen molar-refractivity contribution in [2.24, 2.45) is 0 Å². The first kappa shape index (κ1) is 23.9. The third-order valence-electron chi connectivity index (χ3n) is 5.95. The highest BCUT2D eigenvalue weighted by molar-refractivity contribution is 5.81. The molecule has 3 N–H and O–H groups in total. The van der Waals surface area contributed by atoms with E-state index in [0.29, 0.717) is 23.6 Å². The van der Waals surface area contributed by atoms with E-state index in [1.54, 1.807) is 13.8 Å². The van der Waals surface area contributed by atoms with Crippen LogP contribution < -0.4 is 10.1 Å². The zero-order valence-electron chi connectivity index (χ0n) is 20.3. The predicted octanol–water partition coefficient (Wildman–Crippen LogP) is 4.87. The molecule has 2 aromatic carbocycles. The Kier molecular flexibility index (Phi) is 6.82. The number of aromatic nitrogens is 4. The molecule has 0 spiro atoms. The number of rotatable bonds is 9. The molecular weight excluding hydrogens is 442 g/mol. The molecule has 8 heteroatoms. The summed E-state index contributed by atoms with van der Waals surface area (Å²) >= 11 is 0. The van der Waals surface area contributed by atoms with Gasteiger partial charge in [-0.3, -0.25) is 4.79 Å². The molecule has 0 saturated heterocycles. The third-order valence-corrected chi connectivity index (χ3v) is 5.95. The van der Waals surface area contributed by atoms with Gasteiger partial charge in [0, 0.05) is 35.6 Å². The quantitative estimate of drug-likeness (QED) is 0.319. The first-order valence-corrected chi connectivity index (χ1v) is 11.4. The molecule has 0 saturated carbocycles. The number of carboxylic acids is 1. The fourth-order valence-electron chi connectivity index (χ4n) is 3.67. The minimum atomic E-state index is -1.01. The van der Waals surface area contributed by atoms with Crippen LogP contribution >= 0.6 is 0 Å². The number of nitrogens with zero attached hydrogens (tertiary/aromatic N) is 3. The molecule has 0 amide bonds. The molecule has 0 aliphatic carbocycles. The molecule has 0 unspecified atom stereocenters. The number of aromatic amines is 1. The number of carbonyl (C=O) groups is 1. The Hall–Kier alpha value is -4.20. The Bertz CT molecular complexity index is 1330. The second-order valence-electron chi connectivity index (χ2n) is 8.92. The topological polar surface area (TPSA) is 113 Å². The SMILES string of the molecule is COc1nc(NCCc2ccc(-c3ncc(C)[nH]3)cc2)cc(-c2cccc(C(C)(C)C(=O)O)c2)n1. The number of benzene rings is 2. The van der Waals surface area contributed by atoms with Crippen molar-refractivity contribution in [3.05, 3.63) is 77.6 Å². The number of hydrogen-bond donors (Lipinski definition) is 3. The summed E-state index contributed by atoms with van der Waals surface area (Å²) in [7, 11) is 1.52. The molecule has 0 bridgehead atoms. The lowest BCUT2D eigenvalue weighted by molar-refractivity contribution is -0.142. The number of carboxylic acid groups (broad SMARTS) is 1. The first-order valence-electron chi connectivity index (χ1n) is 11.4. The molecule has 180 valence electrons. The summed E-state index contributed by atoms with van der Waals surface area (Å²) in [4.78, 5) is 28.2. The van der Waals surface area contributed by atoms with Crippen molar-refractivity contribution in [1.82, 2.24) is 19.9 Å². The number of anilines is 1. The van der Waals surface area contributed by atoms with Crippen molar-refractivity contribution in [1.29, 1.82) is 0 Å². The zero-order valence-corrected chi connectivity index (χ0v) is 20.3. The Morgan fingerprint density at radius 1 is 1.09 bits per heavy atom. The highest BCUT2D eigenvalue weighted by atomic mass is 16.5. The molecule has 35 heavy (non-hydrogen) atoms. The number of aryl methyl sites for hydroxylation is 1. The Morgan fingerprint density at radius 2 is 1.86 bits per heavy atom. The van der Waals surface area contributed by atoms with Gasteiger partial charge >= 0.3 is 12.0 Å². The minimum Gasteiger partial charge on any atom is -0.481 e. The summed E-state index contributed by atoms with van der Waals surface area (Å²) in [6.45, 7) is 6.02. The molecule has 4 rings (SSSR count). The molecule has 0 fully saturated rings. The van der Waals surface area contributed by atoms with Crippen LogP contribution in [0.5, 0.6) is 6.01 Å². The summed E-state index contributed by atoms with van der Waals surface area (Å²) in [5.41, 5.74) is 4.40. The number of aliphatic carboxylic acids is 1. The maximum Gasteiger partial charge on any atom is 0.318 e. The number of imidazole rings is 1. The van der Waals surface area contributed by atoms with Crippen molar-refractivity contribution in [2.45, 2.75) is 32.6 Å². The minimum absolute atomic E-state index is 0.242. The van der Waals surface area contributed by atoms with Gasteiger partial charge < -0.3 is 20.1 Å². The molecule has 4 aromatic rings. The number of H-pyrrole nitrogens is 1. The largest absolute Gasteiger partial charge is 0.481 e. The van der Waals surface area contributed by atoms with E-state index in [1.165, 1.54) is 12.7 Å². The van der Waals surface area contributed by atoms with Gasteiger partial charge in [0.1, 0.15) is 11.6 Å². The molecule has 8 nitrogen and oxygen atoms in total. The van der Waals surface area contributed by atoms with Crippen LogP contribution in [0.1, 0.15) is 30.7 Å². The Balaban J connectivity index is 1.47. The van der Waals surface area contributed by atoms with E-state index in [2.05, 4.69) is 49.5 Å². The van der Waals surface area contributed by atoms with E-state index >= 15 is 0 Å². The van der Waals surface area contributed by atoms with Gasteiger partial charge in [0.15, 0.2) is 0 Å². The summed E-state index contributed by atoms with van der Waals surface area (Å²) < 4.78 is 5.31. The van der Waals surface area contributed by atoms with Gasteiger partial charge in [-0.25, -0.2) is 4.98 Å². The van der Waals surface area contributed by atoms with Crippen LogP contribution in [0.4, 0.5) is 5.82 Å². The predicted molar refractivity (Wildman–Crippen MR) is 136 cm³/mol. The number of methoxy groups -OCH3 is 1. The van der Waals surface area contributed by atoms with Gasteiger partial charge in [-0.05, 0) is 44.4 Å². The lowest BCUT2D eigenvalue weighted by Gasteiger charge is -2.20. The summed E-state index contributed by atoms with van der Waals surface area (Å²) in [5.74, 6) is 0.616. The summed E-state index contributed by atoms with van der Waals surface area (Å²) in [6, 6.07) is 17.8. The standard InChI is InChI=1S/C27H29N5O3/c1-17-16-29-24(30-17)19-10-8-18(9-11-19)12-13-28-23-15-22(31-26(32-23)35-4)20-6-5-7-21(14-20)27(2,3)25(33)34/h5-11,14-16H,12-13H2,1-4H3,(H,29,30)(H,33,34)(H,28,31,32). The molecule has 0 aliphatic heterocycles. The van der Waals surface area contributed by atoms with E-state index in [9.17, 15) is 9.90 Å². The van der Waals surface area contributed by atoms with Gasteiger partial charge in [-0.1, -0.05) is 42.5 Å². The van der Waals surface area contributed by atoms with Crippen molar-refractivity contribution < 1.29 is 14.6 Å². The third kappa shape index (κ3) is 5.48. The van der Waals surface area contributed by atoms with E-state index in [1.807, 2.05) is 43.5 Å². The average Bonchev–Trinajstić information content (AvgIpc) is 3.30. The highest BCUT2D eigenvalue weighted by Gasteiger charge is 2.29. The number of ether oxygens (including phenoxy) is 1. The van der Waals surface area contributed by atoms with Crippen LogP contribution in [0.3, 0.4) is 0 Å². The van der Waals surface area contributed by atoms with Crippen LogP contribution in [0.2, 0.25) is 0 Å². The van der Waals surface area contributed by atoms with Crippen LogP contribution in [0, 0.1) is 6.92 Å². The van der Waals surface area contributed by atoms with Crippen molar-refractivity contribution in [2.75, 3.05) is 19.0 Å². The molecule has 0 atom stereocenters. The smallest absolute Gasteiger partial charge is 0.318 e. The Morgan fingerprint density at radius 3 is 2.51 bits per heavy atom. The van der Waals surface area contributed by atoms with Crippen LogP contribution in [0.15, 0.2) is 60.8 Å². The monoisotopic (exact) mass is 471 g/mol. The van der Waals surface area contributed by atoms with Gasteiger partial charge in [0.05, 0.1) is 18.2 Å². The first-order chi connectivity index (χ1) is 16.8. The van der Waals surface area contributed by atoms with Crippen LogP contribution in [-0.2, 0) is 16.6 Å². The number of hydrogen-bond acceptors (Lipinski definition) is 6. The molecule has 0 radical (unpaired) electrons. The number of nitrogens with one attached hydrogen (secondary N) is 2. The van der Waals surface area contributed by atoms with Gasteiger partial charge in [-0.15, -0.1) is 0 Å². The summed E-state index contributed by atoms with van der Waals surface area (Å²) in [6.07, 6.45) is 2.63. The lowest BCUT2D eigenvalue weighted by Crippen LogP contribution is -2.28. The second-order valence-corrected chi connectivity index (χ2v) is 8.92. The average molecular weight is 472 g/mol. The van der Waals surface area contributed by atoms with E-state index in [0.717, 1.165) is 29.1 Å². The van der Waals surface area contributed by atoms with E-state index in [-0.39, 0.29) is 6.01 Å². The maximum atomic E-state index is 11.7. The van der Waals surface area contributed by atoms with E-state index in [4.69, 9.17) is 4.74 Å². The van der Waals surface area contributed by atoms with Crippen LogP contribution in [-0.4, -0.2) is 44.7 Å². The van der Waals surface area contributed by atoms with Gasteiger partial charge in [0.2, 0.25) is 0 Å². The van der Waals surface area contributed by atoms with Gasteiger partial charge in [0.25, 0.3) is 0 Å². The molecule has 2 aromatic heterocycles. The zero-order chi connectivity index (χ0) is 25.0. The van der Waals surface area contributed by atoms with Crippen molar-refractivity contribution in [3.63, 3.8) is 0 Å². The van der Waals surface area contributed by atoms with Gasteiger partial charge in [-0.2, -0.15) is 9.97 Å². The Labute approximate surface area is 204 Å². The van der Waals surface area contributed by atoms with Crippen molar-refractivity contribution >= 4 is 11.8 Å². The molecule has 2 heterocycles. The highest BCUT2D eigenvalue weighted by Crippen LogP contribution is 2.29. The normalized spacial score (nSPS) is 11.3. The fraction of sp³-hybridized carbons (Fsp3) is 0.259. The second kappa shape index (κ2) is 9.97. The molecular formula is C27H29N5O3. The summed E-state index contributed by atoms with van der Waals surface area (Å²) in [5, 5.41) is 12.9. The fourth-order valence-corrected chi connectivity index (χ4v) is 3.67.